The number of aryl methyl sites for hydroxylation is 6. The maximum Gasteiger partial charge on any atom is 0.0705 e. The maximum absolute atomic E-state index is 4.75. The molecule has 0 spiro atoms. The van der Waals surface area contributed by atoms with Crippen LogP contribution in [-0.4, -0.2) is 29.0 Å². The molecule has 0 N–H and O–H groups in total. The normalized spacial score (nSPS) is 14.0. The van der Waals surface area contributed by atoms with Crippen LogP contribution in [0.1, 0.15) is 68.5 Å². The van der Waals surface area contributed by atoms with Crippen molar-refractivity contribution in [1.82, 2.24) is 9.88 Å². The minimum absolute atomic E-state index is 0.501. The lowest BCUT2D eigenvalue weighted by Crippen LogP contribution is -2.44. The van der Waals surface area contributed by atoms with E-state index < -0.39 is 0 Å². The zero-order chi connectivity index (χ0) is 33.2. The van der Waals surface area contributed by atoms with Crippen LogP contribution in [0.2, 0.25) is 0 Å². The zero-order valence-corrected chi connectivity index (χ0v) is 29.7. The van der Waals surface area contributed by atoms with Gasteiger partial charge < -0.3 is 4.90 Å². The van der Waals surface area contributed by atoms with E-state index in [2.05, 4.69) is 144 Å². The van der Waals surface area contributed by atoms with Gasteiger partial charge >= 0.3 is 0 Å². The average Bonchev–Trinajstić information content (AvgIpc) is 3.05. The van der Waals surface area contributed by atoms with Crippen LogP contribution >= 0.6 is 0 Å². The van der Waals surface area contributed by atoms with Crippen LogP contribution in [0.4, 0.5) is 5.69 Å². The Morgan fingerprint density at radius 1 is 0.596 bits per heavy atom. The Labute approximate surface area is 283 Å². The lowest BCUT2D eigenvalue weighted by atomic mass is 9.95. The number of nitrogens with zero attached hydrogens (tertiary/aromatic N) is 3. The monoisotopic (exact) mass is 621 g/mol. The number of hydrogen-bond acceptors (Lipinski definition) is 3. The minimum Gasteiger partial charge on any atom is -0.364 e. The molecule has 3 nitrogen and oxygen atoms in total. The molecular weight excluding hydrogens is 571 g/mol. The number of benzene rings is 4. The fourth-order valence-electron chi connectivity index (χ4n) is 7.31. The predicted octanol–water partition coefficient (Wildman–Crippen LogP) is 10.6. The molecule has 4 aromatic carbocycles. The van der Waals surface area contributed by atoms with Gasteiger partial charge in [-0.15, -0.1) is 0 Å². The fraction of sp³-hybridized carbons (Fsp3) is 0.341. The molecule has 1 aromatic heterocycles. The zero-order valence-electron chi connectivity index (χ0n) is 29.7. The first kappa shape index (κ1) is 32.7. The SMILES string of the molecule is Cc1cc(C)cc(N(Cc2ccc(-c3cc(C)c(C)c(C)c3)cc2)C2CCN(Cc3ccnc(-c4cc(C)c(C)c(C)c4)c3)CC2)c1. The van der Waals surface area contributed by atoms with E-state index >= 15 is 0 Å². The topological polar surface area (TPSA) is 19.4 Å². The van der Waals surface area contributed by atoms with Crippen molar-refractivity contribution in [3.63, 3.8) is 0 Å². The Morgan fingerprint density at radius 3 is 1.72 bits per heavy atom. The molecule has 0 saturated carbocycles. The predicted molar refractivity (Wildman–Crippen MR) is 200 cm³/mol. The highest BCUT2D eigenvalue weighted by Gasteiger charge is 2.26. The van der Waals surface area contributed by atoms with Crippen molar-refractivity contribution in [3.05, 3.63) is 141 Å². The van der Waals surface area contributed by atoms with Crippen LogP contribution in [-0.2, 0) is 13.1 Å². The van der Waals surface area contributed by atoms with Crippen molar-refractivity contribution < 1.29 is 0 Å². The van der Waals surface area contributed by atoms with Gasteiger partial charge in [0.05, 0.1) is 5.69 Å². The molecule has 1 aliphatic rings. The van der Waals surface area contributed by atoms with Gasteiger partial charge in [0, 0.05) is 49.7 Å². The molecule has 0 radical (unpaired) electrons. The number of hydrogen-bond donors (Lipinski definition) is 0. The molecule has 2 heterocycles. The van der Waals surface area contributed by atoms with E-state index in [1.807, 2.05) is 6.20 Å². The summed E-state index contributed by atoms with van der Waals surface area (Å²) in [5, 5.41) is 0. The summed E-state index contributed by atoms with van der Waals surface area (Å²) in [4.78, 5) is 10.1. The number of anilines is 1. The first-order valence-corrected chi connectivity index (χ1v) is 17.3. The summed E-state index contributed by atoms with van der Waals surface area (Å²) in [6, 6.07) is 30.5. The van der Waals surface area contributed by atoms with Crippen LogP contribution in [0.25, 0.3) is 22.4 Å². The highest BCUT2D eigenvalue weighted by molar-refractivity contribution is 5.67. The van der Waals surface area contributed by atoms with Gasteiger partial charge in [0.2, 0.25) is 0 Å². The molecule has 242 valence electrons. The highest BCUT2D eigenvalue weighted by atomic mass is 15.2. The van der Waals surface area contributed by atoms with Crippen LogP contribution < -0.4 is 4.90 Å². The second-order valence-electron chi connectivity index (χ2n) is 14.2. The van der Waals surface area contributed by atoms with Crippen molar-refractivity contribution in [3.8, 4) is 22.4 Å². The molecule has 6 rings (SSSR count). The Hall–Kier alpha value is -4.21. The van der Waals surface area contributed by atoms with E-state index in [9.17, 15) is 0 Å². The molecule has 0 atom stereocenters. The highest BCUT2D eigenvalue weighted by Crippen LogP contribution is 2.31. The summed E-state index contributed by atoms with van der Waals surface area (Å²) in [7, 11) is 0. The van der Waals surface area contributed by atoms with E-state index in [0.717, 1.165) is 44.7 Å². The average molecular weight is 622 g/mol. The molecule has 47 heavy (non-hydrogen) atoms. The molecule has 1 aliphatic heterocycles. The molecule has 0 amide bonds. The molecule has 3 heteroatoms. The van der Waals surface area contributed by atoms with Crippen molar-refractivity contribution >= 4 is 5.69 Å². The van der Waals surface area contributed by atoms with E-state index in [-0.39, 0.29) is 0 Å². The lowest BCUT2D eigenvalue weighted by Gasteiger charge is -2.40. The summed E-state index contributed by atoms with van der Waals surface area (Å²) >= 11 is 0. The summed E-state index contributed by atoms with van der Waals surface area (Å²) in [6.45, 7) is 21.8. The van der Waals surface area contributed by atoms with Crippen LogP contribution in [0.15, 0.2) is 85.1 Å². The van der Waals surface area contributed by atoms with Gasteiger partial charge in [-0.1, -0.05) is 42.5 Å². The van der Waals surface area contributed by atoms with Gasteiger partial charge in [-0.25, -0.2) is 0 Å². The van der Waals surface area contributed by atoms with Crippen LogP contribution in [0.3, 0.4) is 0 Å². The van der Waals surface area contributed by atoms with Crippen LogP contribution in [0, 0.1) is 55.4 Å². The first-order valence-electron chi connectivity index (χ1n) is 17.3. The molecule has 0 aliphatic carbocycles. The largest absolute Gasteiger partial charge is 0.364 e. The van der Waals surface area contributed by atoms with Crippen molar-refractivity contribution in [2.45, 2.75) is 87.4 Å². The standard InChI is InChI=1S/C44H51N3/c1-29-19-30(2)21-43(20-29)47(28-37-9-11-39(12-10-37)40-22-31(3)35(7)32(4)23-40)42-14-17-46(18-15-42)27-38-13-16-45-44(26-38)41-24-33(5)36(8)34(6)25-41/h9-13,16,19-26,42H,14-15,17-18,27-28H2,1-8H3. The smallest absolute Gasteiger partial charge is 0.0705 e. The lowest BCUT2D eigenvalue weighted by molar-refractivity contribution is 0.201. The molecule has 0 bridgehead atoms. The van der Waals surface area contributed by atoms with Gasteiger partial charge in [0.25, 0.3) is 0 Å². The number of pyridine rings is 1. The van der Waals surface area contributed by atoms with Gasteiger partial charge in [0.1, 0.15) is 0 Å². The number of aromatic nitrogens is 1. The maximum atomic E-state index is 4.75. The van der Waals surface area contributed by atoms with Crippen molar-refractivity contribution in [1.29, 1.82) is 0 Å². The van der Waals surface area contributed by atoms with Gasteiger partial charge in [0.15, 0.2) is 0 Å². The van der Waals surface area contributed by atoms with Gasteiger partial charge in [-0.3, -0.25) is 9.88 Å². The van der Waals surface area contributed by atoms with Gasteiger partial charge in [-0.2, -0.15) is 0 Å². The Bertz CT molecular complexity index is 1810. The Morgan fingerprint density at radius 2 is 1.15 bits per heavy atom. The minimum atomic E-state index is 0.501. The third-order valence-electron chi connectivity index (χ3n) is 10.6. The molecule has 1 fully saturated rings. The van der Waals surface area contributed by atoms with E-state index in [4.69, 9.17) is 4.98 Å². The molecule has 5 aromatic rings. The number of piperidine rings is 1. The molecular formula is C44H51N3. The summed E-state index contributed by atoms with van der Waals surface area (Å²) in [6.07, 6.45) is 4.29. The third-order valence-corrected chi connectivity index (χ3v) is 10.6. The van der Waals surface area contributed by atoms with Gasteiger partial charge in [-0.05, 0) is 171 Å². The van der Waals surface area contributed by atoms with E-state index in [1.165, 1.54) is 78.0 Å². The second kappa shape index (κ2) is 13.9. The number of rotatable bonds is 8. The quantitative estimate of drug-likeness (QED) is 0.172. The fourth-order valence-corrected chi connectivity index (χ4v) is 7.31. The van der Waals surface area contributed by atoms with E-state index in [0.29, 0.717) is 6.04 Å². The number of likely N-dealkylation sites (tertiary alicyclic amines) is 1. The third kappa shape index (κ3) is 7.52. The Kier molecular flexibility index (Phi) is 9.66. The summed E-state index contributed by atoms with van der Waals surface area (Å²) in [5.41, 5.74) is 19.7. The molecule has 1 saturated heterocycles. The summed E-state index contributed by atoms with van der Waals surface area (Å²) in [5.74, 6) is 0. The summed E-state index contributed by atoms with van der Waals surface area (Å²) < 4.78 is 0. The Balaban J connectivity index is 1.17. The molecule has 0 unspecified atom stereocenters. The van der Waals surface area contributed by atoms with Crippen molar-refractivity contribution in [2.75, 3.05) is 18.0 Å². The van der Waals surface area contributed by atoms with Crippen molar-refractivity contribution in [2.24, 2.45) is 0 Å². The first-order chi connectivity index (χ1) is 22.5. The van der Waals surface area contributed by atoms with Crippen LogP contribution in [0.5, 0.6) is 0 Å². The second-order valence-corrected chi connectivity index (χ2v) is 14.2. The van der Waals surface area contributed by atoms with E-state index in [1.54, 1.807) is 0 Å².